The van der Waals surface area contributed by atoms with Crippen molar-refractivity contribution in [1.29, 1.82) is 0 Å². The molecule has 0 radical (unpaired) electrons. The Labute approximate surface area is 262 Å². The molecule has 0 bridgehead atoms. The molecule has 0 saturated carbocycles. The number of para-hydroxylation sites is 2. The lowest BCUT2D eigenvalue weighted by Gasteiger charge is -2.09. The van der Waals surface area contributed by atoms with Crippen molar-refractivity contribution in [2.24, 2.45) is 0 Å². The third-order valence-corrected chi connectivity index (χ3v) is 9.62. The van der Waals surface area contributed by atoms with Crippen LogP contribution in [0.3, 0.4) is 0 Å². The SMILES string of the molecule is c1cc2c3c(cccc3c1)-c1c-2ccc2c1oc1cc(-c3nc(-c4ccc5c(c4)oc4ccccc45)c4ccccc4n3)ccc12. The second kappa shape index (κ2) is 8.68. The van der Waals surface area contributed by atoms with E-state index in [0.29, 0.717) is 5.82 Å². The van der Waals surface area contributed by atoms with Gasteiger partial charge in [0.05, 0.1) is 11.2 Å². The molecule has 212 valence electrons. The van der Waals surface area contributed by atoms with Gasteiger partial charge in [-0.3, -0.25) is 0 Å². The molecule has 0 atom stereocenters. The van der Waals surface area contributed by atoms with Crippen molar-refractivity contribution < 1.29 is 8.83 Å². The minimum atomic E-state index is 0.656. The van der Waals surface area contributed by atoms with Gasteiger partial charge in [-0.25, -0.2) is 9.97 Å². The van der Waals surface area contributed by atoms with Gasteiger partial charge in [0.25, 0.3) is 0 Å². The number of hydrogen-bond donors (Lipinski definition) is 0. The van der Waals surface area contributed by atoms with Crippen LogP contribution >= 0.6 is 0 Å². The number of fused-ring (bicyclic) bond motifs is 11. The Hall–Kier alpha value is -6.26. The molecule has 10 aromatic rings. The lowest BCUT2D eigenvalue weighted by molar-refractivity contribution is 0.669. The third-order valence-electron chi connectivity index (χ3n) is 9.62. The Morgan fingerprint density at radius 1 is 0.435 bits per heavy atom. The highest BCUT2D eigenvalue weighted by molar-refractivity contribution is 6.23. The summed E-state index contributed by atoms with van der Waals surface area (Å²) in [5.41, 5.74) is 12.0. The average molecular weight is 587 g/mol. The van der Waals surface area contributed by atoms with Gasteiger partial charge in [0.2, 0.25) is 0 Å². The van der Waals surface area contributed by atoms with Crippen LogP contribution in [0.4, 0.5) is 0 Å². The first-order valence-corrected chi connectivity index (χ1v) is 15.5. The molecule has 0 aliphatic heterocycles. The topological polar surface area (TPSA) is 52.1 Å². The van der Waals surface area contributed by atoms with Crippen molar-refractivity contribution in [3.05, 3.63) is 133 Å². The summed E-state index contributed by atoms with van der Waals surface area (Å²) in [5.74, 6) is 0.656. The van der Waals surface area contributed by atoms with Crippen LogP contribution in [0.2, 0.25) is 0 Å². The van der Waals surface area contributed by atoms with Gasteiger partial charge in [-0.1, -0.05) is 91.0 Å². The average Bonchev–Trinajstić information content (AvgIpc) is 3.78. The second-order valence-electron chi connectivity index (χ2n) is 12.1. The summed E-state index contributed by atoms with van der Waals surface area (Å²) in [6.07, 6.45) is 0. The summed E-state index contributed by atoms with van der Waals surface area (Å²) in [6.45, 7) is 0. The van der Waals surface area contributed by atoms with E-state index in [4.69, 9.17) is 18.8 Å². The van der Waals surface area contributed by atoms with Gasteiger partial charge < -0.3 is 8.83 Å². The first-order chi connectivity index (χ1) is 22.8. The second-order valence-corrected chi connectivity index (χ2v) is 12.1. The van der Waals surface area contributed by atoms with Gasteiger partial charge in [0.15, 0.2) is 5.82 Å². The molecular formula is C42H22N2O2. The molecule has 11 rings (SSSR count). The van der Waals surface area contributed by atoms with E-state index in [1.54, 1.807) is 0 Å². The van der Waals surface area contributed by atoms with E-state index in [2.05, 4.69) is 97.1 Å². The number of furan rings is 2. The largest absolute Gasteiger partial charge is 0.456 e. The molecule has 7 aromatic carbocycles. The number of hydrogen-bond acceptors (Lipinski definition) is 4. The molecule has 1 aliphatic rings. The monoisotopic (exact) mass is 586 g/mol. The molecule has 4 nitrogen and oxygen atoms in total. The van der Waals surface area contributed by atoms with Crippen LogP contribution in [0.5, 0.6) is 0 Å². The Morgan fingerprint density at radius 3 is 2.04 bits per heavy atom. The molecule has 46 heavy (non-hydrogen) atoms. The molecule has 0 amide bonds. The zero-order chi connectivity index (χ0) is 29.9. The highest BCUT2D eigenvalue weighted by atomic mass is 16.3. The summed E-state index contributed by atoms with van der Waals surface area (Å²) in [4.78, 5) is 10.2. The molecular weight excluding hydrogens is 564 g/mol. The normalized spacial score (nSPS) is 12.3. The summed E-state index contributed by atoms with van der Waals surface area (Å²) >= 11 is 0. The van der Waals surface area contributed by atoms with Gasteiger partial charge in [0, 0.05) is 43.6 Å². The lowest BCUT2D eigenvalue weighted by Crippen LogP contribution is -1.95. The van der Waals surface area contributed by atoms with Crippen LogP contribution < -0.4 is 0 Å². The fraction of sp³-hybridized carbons (Fsp3) is 0. The van der Waals surface area contributed by atoms with E-state index in [-0.39, 0.29) is 0 Å². The number of rotatable bonds is 2. The van der Waals surface area contributed by atoms with Crippen molar-refractivity contribution in [2.45, 2.75) is 0 Å². The fourth-order valence-electron chi connectivity index (χ4n) is 7.54. The Balaban J connectivity index is 1.10. The van der Waals surface area contributed by atoms with E-state index >= 15 is 0 Å². The maximum Gasteiger partial charge on any atom is 0.160 e. The third kappa shape index (κ3) is 3.17. The van der Waals surface area contributed by atoms with Crippen molar-refractivity contribution in [2.75, 3.05) is 0 Å². The van der Waals surface area contributed by atoms with Crippen molar-refractivity contribution in [3.8, 4) is 44.9 Å². The van der Waals surface area contributed by atoms with E-state index in [0.717, 1.165) is 71.6 Å². The Kier molecular flexibility index (Phi) is 4.55. The highest BCUT2D eigenvalue weighted by Gasteiger charge is 2.26. The molecule has 3 aromatic heterocycles. The standard InChI is InChI=1S/C42H22N2O2/c1-3-13-34-32(10-1)40(24-15-17-27-26-9-2-4-14-35(26)45-36(27)21-24)44-42(43-34)25-16-18-28-31-20-19-30-29-11-5-7-23-8-6-12-33(38(23)29)39(30)41(31)46-37(28)22-25/h1-22H. The highest BCUT2D eigenvalue weighted by Crippen LogP contribution is 2.51. The first kappa shape index (κ1) is 24.1. The molecule has 3 heterocycles. The molecule has 0 unspecified atom stereocenters. The van der Waals surface area contributed by atoms with Crippen LogP contribution in [0.1, 0.15) is 0 Å². The number of benzene rings is 7. The van der Waals surface area contributed by atoms with Gasteiger partial charge in [-0.05, 0) is 69.9 Å². The van der Waals surface area contributed by atoms with Gasteiger partial charge in [-0.2, -0.15) is 0 Å². The molecule has 1 aliphatic carbocycles. The Bertz CT molecular complexity index is 2920. The molecule has 0 saturated heterocycles. The number of aromatic nitrogens is 2. The zero-order valence-electron chi connectivity index (χ0n) is 24.4. The van der Waals surface area contributed by atoms with Crippen LogP contribution in [-0.4, -0.2) is 9.97 Å². The fourth-order valence-corrected chi connectivity index (χ4v) is 7.54. The quantitative estimate of drug-likeness (QED) is 0.202. The lowest BCUT2D eigenvalue weighted by atomic mass is 10.0. The molecule has 0 N–H and O–H groups in total. The molecule has 0 spiro atoms. The maximum atomic E-state index is 6.73. The summed E-state index contributed by atoms with van der Waals surface area (Å²) in [5, 5.41) is 7.95. The van der Waals surface area contributed by atoms with Crippen molar-refractivity contribution in [1.82, 2.24) is 9.97 Å². The van der Waals surface area contributed by atoms with Crippen LogP contribution in [0, 0.1) is 0 Å². The van der Waals surface area contributed by atoms with Crippen LogP contribution in [0.25, 0.3) is 110 Å². The minimum Gasteiger partial charge on any atom is -0.456 e. The molecule has 4 heteroatoms. The first-order valence-electron chi connectivity index (χ1n) is 15.5. The van der Waals surface area contributed by atoms with E-state index in [1.807, 2.05) is 36.4 Å². The van der Waals surface area contributed by atoms with E-state index in [1.165, 1.54) is 33.0 Å². The number of nitrogens with zero attached hydrogens (tertiary/aromatic N) is 2. The molecule has 0 fully saturated rings. The summed E-state index contributed by atoms with van der Waals surface area (Å²) in [7, 11) is 0. The van der Waals surface area contributed by atoms with Gasteiger partial charge in [-0.15, -0.1) is 0 Å². The van der Waals surface area contributed by atoms with Crippen LogP contribution in [-0.2, 0) is 0 Å². The summed E-state index contributed by atoms with van der Waals surface area (Å²) < 4.78 is 13.0. The van der Waals surface area contributed by atoms with Crippen molar-refractivity contribution >= 4 is 65.6 Å². The smallest absolute Gasteiger partial charge is 0.160 e. The predicted octanol–water partition coefficient (Wildman–Crippen LogP) is 11.6. The van der Waals surface area contributed by atoms with Gasteiger partial charge in [0.1, 0.15) is 22.3 Å². The van der Waals surface area contributed by atoms with Crippen LogP contribution in [0.15, 0.2) is 142 Å². The predicted molar refractivity (Wildman–Crippen MR) is 187 cm³/mol. The van der Waals surface area contributed by atoms with E-state index in [9.17, 15) is 0 Å². The maximum absolute atomic E-state index is 6.73. The zero-order valence-corrected chi connectivity index (χ0v) is 24.4. The Morgan fingerprint density at radius 2 is 1.13 bits per heavy atom. The minimum absolute atomic E-state index is 0.656. The van der Waals surface area contributed by atoms with Crippen molar-refractivity contribution in [3.63, 3.8) is 0 Å². The van der Waals surface area contributed by atoms with Gasteiger partial charge >= 0.3 is 0 Å². The summed E-state index contributed by atoms with van der Waals surface area (Å²) in [6, 6.07) is 46.5. The van der Waals surface area contributed by atoms with E-state index < -0.39 is 0 Å².